The Labute approximate surface area is 124 Å². The molecular formula is C15H22ClFN2O. The molecule has 1 fully saturated rings. The van der Waals surface area contributed by atoms with Gasteiger partial charge in [-0.05, 0) is 25.6 Å². The van der Waals surface area contributed by atoms with Crippen LogP contribution >= 0.6 is 11.6 Å². The standard InChI is InChI=1S/C15H22ClFN2O/c1-3-18-7-8-19(11(2)9-18)14(10-20)15-12(16)5-4-6-13(15)17/h4-6,11,14,20H,3,7-10H2,1-2H3. The minimum Gasteiger partial charge on any atom is -0.394 e. The molecule has 1 saturated heterocycles. The van der Waals surface area contributed by atoms with Gasteiger partial charge >= 0.3 is 0 Å². The summed E-state index contributed by atoms with van der Waals surface area (Å²) >= 11 is 6.14. The van der Waals surface area contributed by atoms with Gasteiger partial charge in [-0.25, -0.2) is 4.39 Å². The maximum atomic E-state index is 14.1. The fourth-order valence-electron chi connectivity index (χ4n) is 2.99. The summed E-state index contributed by atoms with van der Waals surface area (Å²) in [6.07, 6.45) is 0. The molecule has 1 N–H and O–H groups in total. The van der Waals surface area contributed by atoms with Crippen molar-refractivity contribution in [3.8, 4) is 0 Å². The normalized spacial score (nSPS) is 22.9. The number of aliphatic hydroxyl groups is 1. The first-order chi connectivity index (χ1) is 9.58. The van der Waals surface area contributed by atoms with Crippen molar-refractivity contribution in [2.75, 3.05) is 32.8 Å². The molecule has 0 saturated carbocycles. The van der Waals surface area contributed by atoms with Crippen LogP contribution in [0.4, 0.5) is 4.39 Å². The van der Waals surface area contributed by atoms with Gasteiger partial charge in [0, 0.05) is 36.3 Å². The number of halogens is 2. The van der Waals surface area contributed by atoms with Crippen molar-refractivity contribution < 1.29 is 9.50 Å². The van der Waals surface area contributed by atoms with Gasteiger partial charge in [-0.15, -0.1) is 0 Å². The second kappa shape index (κ2) is 6.85. The van der Waals surface area contributed by atoms with E-state index in [4.69, 9.17) is 11.6 Å². The molecule has 2 rings (SSSR count). The molecule has 1 aromatic rings. The molecule has 0 aromatic heterocycles. The number of hydrogen-bond acceptors (Lipinski definition) is 3. The highest BCUT2D eigenvalue weighted by Gasteiger charge is 2.31. The highest BCUT2D eigenvalue weighted by Crippen LogP contribution is 2.32. The predicted molar refractivity (Wildman–Crippen MR) is 79.5 cm³/mol. The van der Waals surface area contributed by atoms with E-state index < -0.39 is 0 Å². The minimum absolute atomic E-state index is 0.128. The fourth-order valence-corrected chi connectivity index (χ4v) is 3.28. The monoisotopic (exact) mass is 300 g/mol. The Morgan fingerprint density at radius 1 is 1.45 bits per heavy atom. The summed E-state index contributed by atoms with van der Waals surface area (Å²) in [4.78, 5) is 4.51. The van der Waals surface area contributed by atoms with Crippen LogP contribution in [-0.4, -0.2) is 53.7 Å². The van der Waals surface area contributed by atoms with Crippen molar-refractivity contribution in [3.05, 3.63) is 34.6 Å². The molecule has 3 nitrogen and oxygen atoms in total. The fraction of sp³-hybridized carbons (Fsp3) is 0.600. The van der Waals surface area contributed by atoms with Crippen LogP contribution in [0.1, 0.15) is 25.5 Å². The molecule has 5 heteroatoms. The van der Waals surface area contributed by atoms with E-state index in [0.717, 1.165) is 26.2 Å². The van der Waals surface area contributed by atoms with Gasteiger partial charge in [0.1, 0.15) is 5.82 Å². The Bertz CT molecular complexity index is 437. The van der Waals surface area contributed by atoms with Crippen LogP contribution in [0, 0.1) is 5.82 Å². The molecule has 0 bridgehead atoms. The molecule has 1 heterocycles. The molecule has 1 aliphatic heterocycles. The lowest BCUT2D eigenvalue weighted by Crippen LogP contribution is -2.53. The van der Waals surface area contributed by atoms with Crippen LogP contribution < -0.4 is 0 Å². The van der Waals surface area contributed by atoms with Crippen LogP contribution in [-0.2, 0) is 0 Å². The van der Waals surface area contributed by atoms with E-state index in [0.29, 0.717) is 10.6 Å². The van der Waals surface area contributed by atoms with Gasteiger partial charge in [-0.1, -0.05) is 24.6 Å². The molecular weight excluding hydrogens is 279 g/mol. The minimum atomic E-state index is -0.377. The van der Waals surface area contributed by atoms with E-state index in [2.05, 4.69) is 23.6 Å². The van der Waals surface area contributed by atoms with Crippen molar-refractivity contribution in [1.82, 2.24) is 9.80 Å². The molecule has 1 aromatic carbocycles. The van der Waals surface area contributed by atoms with Crippen molar-refractivity contribution in [2.24, 2.45) is 0 Å². The van der Waals surface area contributed by atoms with Crippen LogP contribution in [0.3, 0.4) is 0 Å². The predicted octanol–water partition coefficient (Wildman–Crippen LogP) is 2.54. The van der Waals surface area contributed by atoms with Crippen molar-refractivity contribution >= 4 is 11.6 Å². The number of hydrogen-bond donors (Lipinski definition) is 1. The van der Waals surface area contributed by atoms with Gasteiger partial charge in [-0.2, -0.15) is 0 Å². The topological polar surface area (TPSA) is 26.7 Å². The Kier molecular flexibility index (Phi) is 5.38. The summed E-state index contributed by atoms with van der Waals surface area (Å²) in [5.41, 5.74) is 0.411. The second-order valence-corrected chi connectivity index (χ2v) is 5.72. The third-order valence-electron chi connectivity index (χ3n) is 4.12. The van der Waals surface area contributed by atoms with E-state index in [1.807, 2.05) is 0 Å². The highest BCUT2D eigenvalue weighted by molar-refractivity contribution is 6.31. The summed E-state index contributed by atoms with van der Waals surface area (Å²) in [5.74, 6) is -0.346. The van der Waals surface area contributed by atoms with Gasteiger partial charge < -0.3 is 10.0 Å². The average Bonchev–Trinajstić information content (AvgIpc) is 2.43. The number of aliphatic hydroxyl groups excluding tert-OH is 1. The summed E-state index contributed by atoms with van der Waals surface area (Å²) in [7, 11) is 0. The Hall–Kier alpha value is -0.680. The SMILES string of the molecule is CCN1CCN(C(CO)c2c(F)cccc2Cl)C(C)C1. The number of nitrogens with zero attached hydrogens (tertiary/aromatic N) is 2. The molecule has 1 aliphatic rings. The lowest BCUT2D eigenvalue weighted by molar-refractivity contribution is 0.0258. The maximum Gasteiger partial charge on any atom is 0.129 e. The number of likely N-dealkylation sites (N-methyl/N-ethyl adjacent to an activating group) is 1. The molecule has 0 amide bonds. The Morgan fingerprint density at radius 2 is 2.20 bits per heavy atom. The first-order valence-electron chi connectivity index (χ1n) is 7.11. The number of rotatable bonds is 4. The van der Waals surface area contributed by atoms with Crippen molar-refractivity contribution in [2.45, 2.75) is 25.9 Å². The zero-order valence-corrected chi connectivity index (χ0v) is 12.8. The zero-order chi connectivity index (χ0) is 14.7. The van der Waals surface area contributed by atoms with Crippen molar-refractivity contribution in [1.29, 1.82) is 0 Å². The van der Waals surface area contributed by atoms with Gasteiger partial charge in [0.25, 0.3) is 0 Å². The van der Waals surface area contributed by atoms with E-state index in [1.165, 1.54) is 6.07 Å². The van der Waals surface area contributed by atoms with Crippen LogP contribution in [0.2, 0.25) is 5.02 Å². The lowest BCUT2D eigenvalue weighted by Gasteiger charge is -2.43. The van der Waals surface area contributed by atoms with Crippen LogP contribution in [0.25, 0.3) is 0 Å². The molecule has 2 unspecified atom stereocenters. The van der Waals surface area contributed by atoms with Gasteiger partial charge in [0.05, 0.1) is 12.6 Å². The molecule has 0 aliphatic carbocycles. The molecule has 0 radical (unpaired) electrons. The average molecular weight is 301 g/mol. The summed E-state index contributed by atoms with van der Waals surface area (Å²) in [5, 5.41) is 10.1. The Balaban J connectivity index is 2.24. The van der Waals surface area contributed by atoms with E-state index in [1.54, 1.807) is 12.1 Å². The smallest absolute Gasteiger partial charge is 0.129 e. The maximum absolute atomic E-state index is 14.1. The van der Waals surface area contributed by atoms with Gasteiger partial charge in [0.2, 0.25) is 0 Å². The molecule has 0 spiro atoms. The van der Waals surface area contributed by atoms with E-state index in [-0.39, 0.29) is 24.5 Å². The summed E-state index contributed by atoms with van der Waals surface area (Å²) in [6, 6.07) is 4.55. The lowest BCUT2D eigenvalue weighted by atomic mass is 10.0. The van der Waals surface area contributed by atoms with Gasteiger partial charge in [0.15, 0.2) is 0 Å². The summed E-state index contributed by atoms with van der Waals surface area (Å²) in [6.45, 7) is 7.81. The highest BCUT2D eigenvalue weighted by atomic mass is 35.5. The first kappa shape index (κ1) is 15.7. The summed E-state index contributed by atoms with van der Waals surface area (Å²) < 4.78 is 14.1. The quantitative estimate of drug-likeness (QED) is 0.926. The third-order valence-corrected chi connectivity index (χ3v) is 4.45. The van der Waals surface area contributed by atoms with E-state index >= 15 is 0 Å². The number of benzene rings is 1. The molecule has 2 atom stereocenters. The largest absolute Gasteiger partial charge is 0.394 e. The van der Waals surface area contributed by atoms with E-state index in [9.17, 15) is 9.50 Å². The second-order valence-electron chi connectivity index (χ2n) is 5.31. The zero-order valence-electron chi connectivity index (χ0n) is 12.0. The van der Waals surface area contributed by atoms with Crippen LogP contribution in [0.15, 0.2) is 18.2 Å². The van der Waals surface area contributed by atoms with Crippen LogP contribution in [0.5, 0.6) is 0 Å². The molecule has 112 valence electrons. The van der Waals surface area contributed by atoms with Gasteiger partial charge in [-0.3, -0.25) is 4.90 Å². The third kappa shape index (κ3) is 3.14. The number of piperazine rings is 1. The molecule has 20 heavy (non-hydrogen) atoms. The van der Waals surface area contributed by atoms with Crippen molar-refractivity contribution in [3.63, 3.8) is 0 Å². The first-order valence-corrected chi connectivity index (χ1v) is 7.49. The Morgan fingerprint density at radius 3 is 2.75 bits per heavy atom.